The van der Waals surface area contributed by atoms with Gasteiger partial charge >= 0.3 is 5.97 Å². The van der Waals surface area contributed by atoms with Crippen molar-refractivity contribution in [3.05, 3.63) is 71.6 Å². The largest absolute Gasteiger partial charge is 0.478 e. The molecule has 2 N–H and O–H groups in total. The van der Waals surface area contributed by atoms with Gasteiger partial charge in [0.05, 0.1) is 11.6 Å². The first-order chi connectivity index (χ1) is 23.2. The smallest absolute Gasteiger partial charge is 0.335 e. The average Bonchev–Trinajstić information content (AvgIpc) is 3.10. The molecule has 10 nitrogen and oxygen atoms in total. The fourth-order valence-corrected chi connectivity index (χ4v) is 5.78. The summed E-state index contributed by atoms with van der Waals surface area (Å²) in [5.74, 6) is 5.01. The zero-order chi connectivity index (χ0) is 35.5. The monoisotopic (exact) mass is 660 g/mol. The number of nitrogens with zero attached hydrogens (tertiary/aromatic N) is 5. The van der Waals surface area contributed by atoms with Gasteiger partial charge in [-0.1, -0.05) is 38.0 Å². The van der Waals surface area contributed by atoms with E-state index >= 15 is 0 Å². The van der Waals surface area contributed by atoms with Crippen LogP contribution in [0.4, 0.5) is 11.6 Å². The van der Waals surface area contributed by atoms with Gasteiger partial charge in [0.15, 0.2) is 0 Å². The van der Waals surface area contributed by atoms with E-state index in [4.69, 9.17) is 9.84 Å². The van der Waals surface area contributed by atoms with Crippen LogP contribution >= 0.6 is 0 Å². The van der Waals surface area contributed by atoms with Gasteiger partial charge in [0, 0.05) is 74.6 Å². The number of likely N-dealkylation sites (tertiary alicyclic amines) is 1. The number of ether oxygens (including phenoxy) is 1. The Labute approximate surface area is 288 Å². The Kier molecular flexibility index (Phi) is 18.2. The maximum Gasteiger partial charge on any atom is 0.335 e. The van der Waals surface area contributed by atoms with Crippen LogP contribution in [0.25, 0.3) is 0 Å². The molecule has 0 aliphatic carbocycles. The van der Waals surface area contributed by atoms with E-state index in [0.29, 0.717) is 12.0 Å². The predicted molar refractivity (Wildman–Crippen MR) is 194 cm³/mol. The molecule has 0 radical (unpaired) electrons. The molecule has 1 aromatic heterocycles. The molecular formula is C38H56N6O4. The number of carbonyl (C=O) groups excluding carboxylic acids is 1. The second-order valence-electron chi connectivity index (χ2n) is 11.9. The van der Waals surface area contributed by atoms with Crippen molar-refractivity contribution in [3.8, 4) is 11.8 Å². The van der Waals surface area contributed by atoms with Crippen LogP contribution in [0.5, 0.6) is 0 Å². The Hall–Kier alpha value is -4.04. The Morgan fingerprint density at radius 2 is 1.81 bits per heavy atom. The number of aromatic carboxylic acids is 1. The number of rotatable bonds is 12. The van der Waals surface area contributed by atoms with Crippen LogP contribution in [0.15, 0.2) is 54.8 Å². The number of nitrogens with one attached hydrogen (secondary N) is 1. The first-order valence-corrected chi connectivity index (χ1v) is 17.0. The van der Waals surface area contributed by atoms with Crippen molar-refractivity contribution in [3.63, 3.8) is 0 Å². The first-order valence-electron chi connectivity index (χ1n) is 17.0. The third-order valence-electron chi connectivity index (χ3n) is 8.56. The predicted octanol–water partition coefficient (Wildman–Crippen LogP) is 6.32. The molecule has 0 saturated carbocycles. The summed E-state index contributed by atoms with van der Waals surface area (Å²) in [6.45, 7) is 20.9. The third kappa shape index (κ3) is 12.9. The molecule has 1 atom stereocenters. The minimum atomic E-state index is -0.959. The highest BCUT2D eigenvalue weighted by atomic mass is 16.5. The third-order valence-corrected chi connectivity index (χ3v) is 8.56. The normalized spacial score (nSPS) is 16.0. The van der Waals surface area contributed by atoms with Crippen molar-refractivity contribution >= 4 is 24.0 Å². The SMILES string of the molecule is C=C(C)C(CN(C)C1CCOCC1)N(C=O)C1CCN(Cc2cnc(Nc3ccc(C(=O)O)cc3)nc2C)CC1.CC.CC#C/C=C\C. The van der Waals surface area contributed by atoms with Gasteiger partial charge < -0.3 is 25.0 Å². The minimum absolute atomic E-state index is 0.00193. The van der Waals surface area contributed by atoms with E-state index in [1.807, 2.05) is 64.8 Å². The van der Waals surface area contributed by atoms with E-state index in [-0.39, 0.29) is 17.6 Å². The van der Waals surface area contributed by atoms with Crippen LogP contribution in [0, 0.1) is 18.8 Å². The van der Waals surface area contributed by atoms with Gasteiger partial charge in [0.2, 0.25) is 12.4 Å². The Morgan fingerprint density at radius 1 is 1.17 bits per heavy atom. The van der Waals surface area contributed by atoms with E-state index in [9.17, 15) is 9.59 Å². The van der Waals surface area contributed by atoms with Gasteiger partial charge in [0.25, 0.3) is 0 Å². The second kappa shape index (κ2) is 21.8. The van der Waals surface area contributed by atoms with E-state index in [0.717, 1.165) is 94.0 Å². The number of aromatic nitrogens is 2. The van der Waals surface area contributed by atoms with Gasteiger partial charge in [-0.2, -0.15) is 0 Å². The van der Waals surface area contributed by atoms with Crippen LogP contribution in [0.1, 0.15) is 81.9 Å². The summed E-state index contributed by atoms with van der Waals surface area (Å²) in [6, 6.07) is 7.16. The first kappa shape index (κ1) is 40.1. The molecule has 1 amide bonds. The molecule has 2 fully saturated rings. The van der Waals surface area contributed by atoms with Gasteiger partial charge in [0.1, 0.15) is 0 Å². The molecule has 4 rings (SSSR count). The number of allylic oxidation sites excluding steroid dienone is 2. The molecular weight excluding hydrogens is 604 g/mol. The van der Waals surface area contributed by atoms with E-state index in [1.54, 1.807) is 24.3 Å². The summed E-state index contributed by atoms with van der Waals surface area (Å²) in [7, 11) is 2.15. The quantitative estimate of drug-likeness (QED) is 0.154. The van der Waals surface area contributed by atoms with Gasteiger partial charge in [-0.25, -0.2) is 14.8 Å². The molecule has 2 saturated heterocycles. The van der Waals surface area contributed by atoms with Crippen LogP contribution in [-0.4, -0.2) is 100 Å². The number of hydrogen-bond donors (Lipinski definition) is 2. The lowest BCUT2D eigenvalue weighted by molar-refractivity contribution is -0.123. The number of aryl methyl sites for hydroxylation is 1. The number of piperidine rings is 1. The van der Waals surface area contributed by atoms with Crippen LogP contribution in [-0.2, 0) is 16.1 Å². The summed E-state index contributed by atoms with van der Waals surface area (Å²) >= 11 is 0. The highest BCUT2D eigenvalue weighted by Crippen LogP contribution is 2.24. The minimum Gasteiger partial charge on any atom is -0.478 e. The molecule has 2 aromatic rings. The highest BCUT2D eigenvalue weighted by Gasteiger charge is 2.31. The van der Waals surface area contributed by atoms with Crippen LogP contribution in [0.2, 0.25) is 0 Å². The second-order valence-corrected chi connectivity index (χ2v) is 11.9. The molecule has 262 valence electrons. The topological polar surface area (TPSA) is 111 Å². The van der Waals surface area contributed by atoms with Crippen LogP contribution in [0.3, 0.4) is 0 Å². The van der Waals surface area contributed by atoms with E-state index in [2.05, 4.69) is 50.6 Å². The van der Waals surface area contributed by atoms with Crippen LogP contribution < -0.4 is 5.32 Å². The summed E-state index contributed by atoms with van der Waals surface area (Å²) in [6.07, 6.45) is 10.5. The summed E-state index contributed by atoms with van der Waals surface area (Å²) in [4.78, 5) is 39.2. The number of anilines is 2. The zero-order valence-corrected chi connectivity index (χ0v) is 30.0. The average molecular weight is 661 g/mol. The Morgan fingerprint density at radius 3 is 2.31 bits per heavy atom. The number of carboxylic acids is 1. The number of carboxylic acid groups (broad SMARTS) is 1. The van der Waals surface area contributed by atoms with Crippen molar-refractivity contribution in [2.75, 3.05) is 45.2 Å². The molecule has 2 aliphatic rings. The molecule has 0 bridgehead atoms. The van der Waals surface area contributed by atoms with Crippen molar-refractivity contribution < 1.29 is 19.4 Å². The molecule has 48 heavy (non-hydrogen) atoms. The van der Waals surface area contributed by atoms with Gasteiger partial charge in [-0.3, -0.25) is 9.69 Å². The summed E-state index contributed by atoms with van der Waals surface area (Å²) in [5.41, 5.74) is 3.94. The number of carbonyl (C=O) groups is 2. The van der Waals surface area contributed by atoms with Gasteiger partial charge in [-0.05, 0) is 90.8 Å². The molecule has 10 heteroatoms. The lowest BCUT2D eigenvalue weighted by Crippen LogP contribution is -2.53. The number of hydrogen-bond acceptors (Lipinski definition) is 8. The molecule has 1 unspecified atom stereocenters. The maximum absolute atomic E-state index is 12.3. The van der Waals surface area contributed by atoms with Crippen molar-refractivity contribution in [2.45, 2.75) is 91.9 Å². The summed E-state index contributed by atoms with van der Waals surface area (Å²) in [5, 5.41) is 12.2. The molecule has 1 aromatic carbocycles. The number of amides is 1. The maximum atomic E-state index is 12.3. The molecule has 2 aliphatic heterocycles. The summed E-state index contributed by atoms with van der Waals surface area (Å²) < 4.78 is 5.52. The Bertz CT molecular complexity index is 1370. The number of benzene rings is 1. The standard InChI is InChI=1S/C30H42N6O4.C6H8.C2H6/c1-21(2)28(19-34(4)26-11-15-40-16-12-26)36(20-37)27-9-13-35(14-10-27)18-24-17-31-30(32-22(24)3)33-25-7-5-23(6-8-25)29(38)39;1-3-5-6-4-2;1-2/h5-8,17,20,26-28H,1,9-16,18-19H2,2-4H3,(H,38,39)(H,31,32,33);3,5H,1-2H3;1-2H3/b;5-3-;. The fraction of sp³-hybridized carbons (Fsp3) is 0.526. The lowest BCUT2D eigenvalue weighted by Gasteiger charge is -2.43. The van der Waals surface area contributed by atoms with E-state index in [1.165, 1.54) is 0 Å². The van der Waals surface area contributed by atoms with Crippen molar-refractivity contribution in [2.24, 2.45) is 0 Å². The Balaban J connectivity index is 0.000000901. The lowest BCUT2D eigenvalue weighted by atomic mass is 9.98. The number of likely N-dealkylation sites (N-methyl/N-ethyl adjacent to an activating group) is 1. The molecule has 0 spiro atoms. The van der Waals surface area contributed by atoms with Crippen molar-refractivity contribution in [1.29, 1.82) is 0 Å². The van der Waals surface area contributed by atoms with E-state index < -0.39 is 5.97 Å². The van der Waals surface area contributed by atoms with Gasteiger partial charge in [-0.15, -0.1) is 5.92 Å². The highest BCUT2D eigenvalue weighted by molar-refractivity contribution is 5.88. The molecule has 3 heterocycles. The fourth-order valence-electron chi connectivity index (χ4n) is 5.78. The zero-order valence-electron chi connectivity index (χ0n) is 30.0. The van der Waals surface area contributed by atoms with Crippen molar-refractivity contribution in [1.82, 2.24) is 24.7 Å².